The predicted octanol–water partition coefficient (Wildman–Crippen LogP) is 1.86. The second-order valence-corrected chi connectivity index (χ2v) is 4.72. The van der Waals surface area contributed by atoms with Crippen molar-refractivity contribution in [2.75, 3.05) is 7.11 Å². The van der Waals surface area contributed by atoms with Gasteiger partial charge in [-0.05, 0) is 18.9 Å². The lowest BCUT2D eigenvalue weighted by Gasteiger charge is -2.18. The summed E-state index contributed by atoms with van der Waals surface area (Å²) in [5.74, 6) is -0.309. The van der Waals surface area contributed by atoms with Crippen molar-refractivity contribution < 1.29 is 9.53 Å². The van der Waals surface area contributed by atoms with Gasteiger partial charge < -0.3 is 15.0 Å². The van der Waals surface area contributed by atoms with E-state index in [9.17, 15) is 4.79 Å². The third-order valence-electron chi connectivity index (χ3n) is 3.33. The average molecular weight is 273 g/mol. The fourth-order valence-corrected chi connectivity index (χ4v) is 2.18. The first kappa shape index (κ1) is 14.3. The normalized spacial score (nSPS) is 13.8. The molecular formula is C15H19N3O2. The lowest BCUT2D eigenvalue weighted by Crippen LogP contribution is -2.23. The van der Waals surface area contributed by atoms with Crippen molar-refractivity contribution in [2.24, 2.45) is 5.73 Å². The molecule has 2 N–H and O–H groups in total. The molecule has 2 atom stereocenters. The van der Waals surface area contributed by atoms with E-state index in [0.717, 1.165) is 11.3 Å². The molecule has 0 amide bonds. The molecule has 0 fully saturated rings. The maximum absolute atomic E-state index is 11.6. The van der Waals surface area contributed by atoms with Gasteiger partial charge in [0.25, 0.3) is 0 Å². The Hall–Kier alpha value is -2.14. The number of hydrogen-bond acceptors (Lipinski definition) is 4. The highest BCUT2D eigenvalue weighted by Crippen LogP contribution is 2.20. The number of nitrogens with zero attached hydrogens (tertiary/aromatic N) is 2. The number of hydrogen-bond donors (Lipinski definition) is 1. The Bertz CT molecular complexity index is 566. The second-order valence-electron chi connectivity index (χ2n) is 4.72. The van der Waals surface area contributed by atoms with Crippen molar-refractivity contribution in [3.05, 3.63) is 54.1 Å². The van der Waals surface area contributed by atoms with E-state index in [1.54, 1.807) is 24.0 Å². The second kappa shape index (κ2) is 6.34. The zero-order valence-corrected chi connectivity index (χ0v) is 11.7. The summed E-state index contributed by atoms with van der Waals surface area (Å²) in [4.78, 5) is 15.7. The number of ether oxygens (including phenoxy) is 1. The van der Waals surface area contributed by atoms with Crippen LogP contribution in [0.4, 0.5) is 0 Å². The van der Waals surface area contributed by atoms with Gasteiger partial charge in [0.1, 0.15) is 6.04 Å². The quantitative estimate of drug-likeness (QED) is 0.844. The van der Waals surface area contributed by atoms with Crippen LogP contribution in [0.3, 0.4) is 0 Å². The summed E-state index contributed by atoms with van der Waals surface area (Å²) in [5, 5.41) is 0. The van der Waals surface area contributed by atoms with Crippen LogP contribution in [0.2, 0.25) is 0 Å². The lowest BCUT2D eigenvalue weighted by molar-refractivity contribution is -0.144. The molecule has 0 aliphatic rings. The predicted molar refractivity (Wildman–Crippen MR) is 76.0 cm³/mol. The van der Waals surface area contributed by atoms with E-state index in [-0.39, 0.29) is 12.0 Å². The summed E-state index contributed by atoms with van der Waals surface area (Å²) < 4.78 is 6.52. The van der Waals surface area contributed by atoms with Crippen molar-refractivity contribution in [2.45, 2.75) is 25.4 Å². The van der Waals surface area contributed by atoms with Crippen LogP contribution < -0.4 is 5.73 Å². The van der Waals surface area contributed by atoms with E-state index in [2.05, 4.69) is 4.98 Å². The van der Waals surface area contributed by atoms with Crippen LogP contribution in [0, 0.1) is 0 Å². The van der Waals surface area contributed by atoms with Crippen LogP contribution in [0.5, 0.6) is 0 Å². The number of esters is 1. The molecule has 0 saturated carbocycles. The van der Waals surface area contributed by atoms with E-state index in [4.69, 9.17) is 10.5 Å². The van der Waals surface area contributed by atoms with E-state index in [1.807, 2.05) is 30.3 Å². The Kier molecular flexibility index (Phi) is 4.53. The maximum Gasteiger partial charge on any atom is 0.328 e. The zero-order valence-electron chi connectivity index (χ0n) is 11.7. The van der Waals surface area contributed by atoms with Gasteiger partial charge in [-0.25, -0.2) is 9.78 Å². The van der Waals surface area contributed by atoms with Crippen LogP contribution >= 0.6 is 0 Å². The molecule has 1 aromatic heterocycles. The summed E-state index contributed by atoms with van der Waals surface area (Å²) in [7, 11) is 1.37. The Morgan fingerprint density at radius 2 is 2.10 bits per heavy atom. The van der Waals surface area contributed by atoms with Gasteiger partial charge in [-0.1, -0.05) is 30.3 Å². The molecule has 2 rings (SSSR count). The minimum Gasteiger partial charge on any atom is -0.467 e. The summed E-state index contributed by atoms with van der Waals surface area (Å²) in [6.07, 6.45) is 4.01. The van der Waals surface area contributed by atoms with E-state index < -0.39 is 6.04 Å². The average Bonchev–Trinajstić information content (AvgIpc) is 2.96. The van der Waals surface area contributed by atoms with Crippen molar-refractivity contribution in [1.29, 1.82) is 0 Å². The monoisotopic (exact) mass is 273 g/mol. The number of nitrogens with two attached hydrogens (primary N) is 1. The maximum atomic E-state index is 11.6. The van der Waals surface area contributed by atoms with E-state index in [1.165, 1.54) is 7.11 Å². The highest BCUT2D eigenvalue weighted by atomic mass is 16.5. The molecule has 0 bridgehead atoms. The number of imidazole rings is 1. The molecule has 0 spiro atoms. The number of benzene rings is 1. The highest BCUT2D eigenvalue weighted by Gasteiger charge is 2.21. The molecule has 5 nitrogen and oxygen atoms in total. The Balaban J connectivity index is 2.17. The van der Waals surface area contributed by atoms with E-state index >= 15 is 0 Å². The molecule has 106 valence electrons. The van der Waals surface area contributed by atoms with Gasteiger partial charge >= 0.3 is 5.97 Å². The van der Waals surface area contributed by atoms with Crippen molar-refractivity contribution in [1.82, 2.24) is 9.55 Å². The van der Waals surface area contributed by atoms with Gasteiger partial charge in [0.2, 0.25) is 0 Å². The first-order chi connectivity index (χ1) is 9.63. The van der Waals surface area contributed by atoms with Crippen LogP contribution in [0.1, 0.15) is 30.3 Å². The molecule has 1 aromatic carbocycles. The number of carbonyl (C=O) groups is 1. The van der Waals surface area contributed by atoms with Gasteiger partial charge in [0.05, 0.1) is 25.2 Å². The molecule has 2 aromatic rings. The van der Waals surface area contributed by atoms with Crippen molar-refractivity contribution >= 4 is 5.97 Å². The zero-order chi connectivity index (χ0) is 14.5. The van der Waals surface area contributed by atoms with Crippen LogP contribution in [0.15, 0.2) is 42.9 Å². The summed E-state index contributed by atoms with van der Waals surface area (Å²) in [6, 6.07) is 9.35. The number of rotatable bonds is 5. The van der Waals surface area contributed by atoms with Crippen molar-refractivity contribution in [3.8, 4) is 0 Å². The molecule has 20 heavy (non-hydrogen) atoms. The third kappa shape index (κ3) is 3.05. The molecular weight excluding hydrogens is 254 g/mol. The first-order valence-corrected chi connectivity index (χ1v) is 6.52. The summed E-state index contributed by atoms with van der Waals surface area (Å²) in [6.45, 7) is 1.77. The largest absolute Gasteiger partial charge is 0.467 e. The third-order valence-corrected chi connectivity index (χ3v) is 3.33. The molecule has 0 radical (unpaired) electrons. The molecule has 0 aliphatic heterocycles. The first-order valence-electron chi connectivity index (χ1n) is 6.52. The van der Waals surface area contributed by atoms with Gasteiger partial charge in [0, 0.05) is 6.20 Å². The smallest absolute Gasteiger partial charge is 0.328 e. The number of methoxy groups -OCH3 is 1. The van der Waals surface area contributed by atoms with E-state index in [0.29, 0.717) is 6.42 Å². The molecule has 5 heteroatoms. The van der Waals surface area contributed by atoms with Gasteiger partial charge in [-0.2, -0.15) is 0 Å². The summed E-state index contributed by atoms with van der Waals surface area (Å²) in [5.41, 5.74) is 8.22. The molecule has 1 heterocycles. The Morgan fingerprint density at radius 1 is 1.40 bits per heavy atom. The minimum atomic E-state index is -0.431. The standard InChI is InChI=1S/C15H19N3O2/c1-11(15(19)20-2)18-10-17-9-14(18)13(16)8-12-6-4-3-5-7-12/h3-7,9-11,13H,8,16H2,1-2H3/t11?,13-/m1/s1. The van der Waals surface area contributed by atoms with Crippen LogP contribution in [-0.2, 0) is 16.0 Å². The van der Waals surface area contributed by atoms with Crippen LogP contribution in [0.25, 0.3) is 0 Å². The fraction of sp³-hybridized carbons (Fsp3) is 0.333. The number of aromatic nitrogens is 2. The minimum absolute atomic E-state index is 0.216. The number of carbonyl (C=O) groups excluding carboxylic acids is 1. The lowest BCUT2D eigenvalue weighted by atomic mass is 10.0. The molecule has 0 aliphatic carbocycles. The highest BCUT2D eigenvalue weighted by molar-refractivity contribution is 5.73. The fourth-order valence-electron chi connectivity index (χ4n) is 2.18. The van der Waals surface area contributed by atoms with Gasteiger partial charge in [0.15, 0.2) is 0 Å². The molecule has 0 saturated heterocycles. The van der Waals surface area contributed by atoms with Crippen LogP contribution in [-0.4, -0.2) is 22.6 Å². The van der Waals surface area contributed by atoms with Gasteiger partial charge in [-0.3, -0.25) is 0 Å². The Labute approximate surface area is 118 Å². The molecule has 1 unspecified atom stereocenters. The summed E-state index contributed by atoms with van der Waals surface area (Å²) >= 11 is 0. The van der Waals surface area contributed by atoms with Gasteiger partial charge in [-0.15, -0.1) is 0 Å². The van der Waals surface area contributed by atoms with Crippen molar-refractivity contribution in [3.63, 3.8) is 0 Å². The topological polar surface area (TPSA) is 70.1 Å². The SMILES string of the molecule is COC(=O)C(C)n1cncc1[C@H](N)Cc1ccccc1. The Morgan fingerprint density at radius 3 is 2.75 bits per heavy atom.